The third-order valence-corrected chi connectivity index (χ3v) is 6.15. The predicted molar refractivity (Wildman–Crippen MR) is 108 cm³/mol. The molecule has 0 nitrogen and oxygen atoms in total. The molecule has 0 spiro atoms. The van der Waals surface area contributed by atoms with E-state index in [-0.39, 0.29) is 0 Å². The average Bonchev–Trinajstić information content (AvgIpc) is 3.22. The van der Waals surface area contributed by atoms with E-state index in [1.54, 1.807) is 16.7 Å². The summed E-state index contributed by atoms with van der Waals surface area (Å²) in [6, 6.07) is 4.76. The average molecular weight is 329 g/mol. The van der Waals surface area contributed by atoms with Crippen LogP contribution in [0.1, 0.15) is 101 Å². The van der Waals surface area contributed by atoms with Gasteiger partial charge < -0.3 is 0 Å². The highest BCUT2D eigenvalue weighted by molar-refractivity contribution is 5.40. The van der Waals surface area contributed by atoms with Crippen molar-refractivity contribution in [3.8, 4) is 0 Å². The Labute approximate surface area is 151 Å². The fraction of sp³-hybridized carbons (Fsp3) is 0.750. The zero-order valence-electron chi connectivity index (χ0n) is 17.2. The van der Waals surface area contributed by atoms with Crippen molar-refractivity contribution in [3.63, 3.8) is 0 Å². The van der Waals surface area contributed by atoms with Gasteiger partial charge in [0.05, 0.1) is 0 Å². The molecule has 2 rings (SSSR count). The van der Waals surface area contributed by atoms with Crippen molar-refractivity contribution in [3.05, 3.63) is 34.4 Å². The molecule has 0 atom stereocenters. The van der Waals surface area contributed by atoms with Gasteiger partial charge in [0.1, 0.15) is 0 Å². The summed E-state index contributed by atoms with van der Waals surface area (Å²) in [7, 11) is 0. The van der Waals surface area contributed by atoms with Gasteiger partial charge in [0.15, 0.2) is 0 Å². The second-order valence-corrected chi connectivity index (χ2v) is 9.93. The van der Waals surface area contributed by atoms with Gasteiger partial charge in [0, 0.05) is 0 Å². The van der Waals surface area contributed by atoms with E-state index >= 15 is 0 Å². The van der Waals surface area contributed by atoms with E-state index in [1.807, 2.05) is 0 Å². The van der Waals surface area contributed by atoms with E-state index in [0.29, 0.717) is 5.41 Å². The molecular weight excluding hydrogens is 288 g/mol. The van der Waals surface area contributed by atoms with Gasteiger partial charge in [-0.1, -0.05) is 52.7 Å². The van der Waals surface area contributed by atoms with Crippen molar-refractivity contribution in [2.45, 2.75) is 106 Å². The molecule has 0 aliphatic heterocycles. The van der Waals surface area contributed by atoms with Crippen molar-refractivity contribution in [1.82, 2.24) is 0 Å². The molecule has 1 aromatic carbocycles. The van der Waals surface area contributed by atoms with E-state index in [4.69, 9.17) is 0 Å². The number of aryl methyl sites for hydroxylation is 2. The van der Waals surface area contributed by atoms with Crippen LogP contribution in [0, 0.1) is 24.7 Å². The third-order valence-electron chi connectivity index (χ3n) is 6.15. The van der Waals surface area contributed by atoms with Gasteiger partial charge in [0.2, 0.25) is 0 Å². The smallest absolute Gasteiger partial charge is 0.0273 e. The zero-order valence-corrected chi connectivity index (χ0v) is 17.2. The maximum Gasteiger partial charge on any atom is -0.0273 e. The van der Waals surface area contributed by atoms with Crippen LogP contribution >= 0.6 is 0 Å². The summed E-state index contributed by atoms with van der Waals surface area (Å²) in [6.45, 7) is 14.1. The minimum atomic E-state index is 0.476. The Bertz CT molecular complexity index is 526. The maximum atomic E-state index is 2.46. The van der Waals surface area contributed by atoms with E-state index in [2.05, 4.69) is 53.7 Å². The number of rotatable bonds is 9. The van der Waals surface area contributed by atoms with E-state index in [0.717, 1.165) is 5.41 Å². The van der Waals surface area contributed by atoms with E-state index in [1.165, 1.54) is 69.8 Å². The first-order valence-electron chi connectivity index (χ1n) is 10.3. The molecule has 0 unspecified atom stereocenters. The van der Waals surface area contributed by atoms with E-state index in [9.17, 15) is 0 Å². The Morgan fingerprint density at radius 1 is 0.917 bits per heavy atom. The monoisotopic (exact) mass is 328 g/mol. The van der Waals surface area contributed by atoms with Crippen LogP contribution in [0.25, 0.3) is 0 Å². The molecule has 1 aromatic rings. The Kier molecular flexibility index (Phi) is 6.57. The molecule has 1 saturated carbocycles. The largest absolute Gasteiger partial charge is 0.0602 e. The number of benzene rings is 1. The fourth-order valence-electron chi connectivity index (χ4n) is 3.80. The summed E-state index contributed by atoms with van der Waals surface area (Å²) in [5.41, 5.74) is 7.52. The van der Waals surface area contributed by atoms with Crippen molar-refractivity contribution in [2.24, 2.45) is 10.8 Å². The van der Waals surface area contributed by atoms with Gasteiger partial charge in [-0.3, -0.25) is 0 Å². The van der Waals surface area contributed by atoms with Crippen molar-refractivity contribution >= 4 is 0 Å². The fourth-order valence-corrected chi connectivity index (χ4v) is 3.80. The van der Waals surface area contributed by atoms with Crippen LogP contribution in [0.5, 0.6) is 0 Å². The molecule has 0 bridgehead atoms. The zero-order chi connectivity index (χ0) is 17.8. The van der Waals surface area contributed by atoms with E-state index < -0.39 is 0 Å². The molecule has 0 heterocycles. The normalized spacial score (nSPS) is 16.4. The van der Waals surface area contributed by atoms with Gasteiger partial charge in [0.25, 0.3) is 0 Å². The first kappa shape index (κ1) is 19.5. The summed E-state index contributed by atoms with van der Waals surface area (Å²) < 4.78 is 0. The lowest BCUT2D eigenvalue weighted by atomic mass is 9.87. The van der Waals surface area contributed by atoms with Gasteiger partial charge >= 0.3 is 0 Å². The van der Waals surface area contributed by atoms with Crippen LogP contribution in [0.3, 0.4) is 0 Å². The minimum absolute atomic E-state index is 0.476. The molecule has 136 valence electrons. The minimum Gasteiger partial charge on any atom is -0.0602 e. The van der Waals surface area contributed by atoms with Gasteiger partial charge in [-0.15, -0.1) is 0 Å². The number of unbranched alkanes of at least 4 members (excludes halogenated alkanes) is 2. The second-order valence-electron chi connectivity index (χ2n) is 9.93. The third kappa shape index (κ3) is 6.26. The standard InChI is InChI=1S/C24H40/c1-19-13-14-21(11-7-10-16-24(6)17-18-24)22(20(19)2)12-8-9-15-23(3,4)5/h13-14H,7-12,15-18H2,1-6H3. The molecule has 0 aromatic heterocycles. The quantitative estimate of drug-likeness (QED) is 0.410. The molecule has 0 radical (unpaired) electrons. The molecule has 24 heavy (non-hydrogen) atoms. The van der Waals surface area contributed by atoms with Crippen LogP contribution in [0.2, 0.25) is 0 Å². The Hall–Kier alpha value is -0.780. The number of hydrogen-bond acceptors (Lipinski definition) is 0. The molecule has 0 saturated heterocycles. The van der Waals surface area contributed by atoms with Crippen LogP contribution in [-0.4, -0.2) is 0 Å². The van der Waals surface area contributed by atoms with Gasteiger partial charge in [-0.2, -0.15) is 0 Å². The molecule has 1 aliphatic rings. The Morgan fingerprint density at radius 2 is 1.58 bits per heavy atom. The van der Waals surface area contributed by atoms with Crippen molar-refractivity contribution in [1.29, 1.82) is 0 Å². The second kappa shape index (κ2) is 8.07. The van der Waals surface area contributed by atoms with Crippen LogP contribution < -0.4 is 0 Å². The molecular formula is C24H40. The first-order chi connectivity index (χ1) is 11.2. The Morgan fingerprint density at radius 3 is 2.21 bits per heavy atom. The lowest BCUT2D eigenvalue weighted by molar-refractivity contribution is 0.360. The SMILES string of the molecule is Cc1ccc(CCCCC2(C)CC2)c(CCCCC(C)(C)C)c1C. The lowest BCUT2D eigenvalue weighted by Crippen LogP contribution is -2.05. The van der Waals surface area contributed by atoms with Gasteiger partial charge in [-0.25, -0.2) is 0 Å². The lowest BCUT2D eigenvalue weighted by Gasteiger charge is -2.19. The highest BCUT2D eigenvalue weighted by atomic mass is 14.4. The van der Waals surface area contributed by atoms with Crippen LogP contribution in [0.4, 0.5) is 0 Å². The Balaban J connectivity index is 1.88. The summed E-state index contributed by atoms with van der Waals surface area (Å²) in [5, 5.41) is 0. The van der Waals surface area contributed by atoms with Crippen molar-refractivity contribution in [2.75, 3.05) is 0 Å². The van der Waals surface area contributed by atoms with Crippen LogP contribution in [-0.2, 0) is 12.8 Å². The first-order valence-corrected chi connectivity index (χ1v) is 10.3. The molecule has 0 heteroatoms. The maximum absolute atomic E-state index is 2.46. The molecule has 1 aliphatic carbocycles. The molecule has 0 N–H and O–H groups in total. The van der Waals surface area contributed by atoms with Crippen molar-refractivity contribution < 1.29 is 0 Å². The summed E-state index contributed by atoms with van der Waals surface area (Å²) in [5.74, 6) is 0. The summed E-state index contributed by atoms with van der Waals surface area (Å²) in [6.07, 6.45) is 13.7. The topological polar surface area (TPSA) is 0 Å². The van der Waals surface area contributed by atoms with Crippen LogP contribution in [0.15, 0.2) is 12.1 Å². The summed E-state index contributed by atoms with van der Waals surface area (Å²) in [4.78, 5) is 0. The summed E-state index contributed by atoms with van der Waals surface area (Å²) >= 11 is 0. The predicted octanol–water partition coefficient (Wildman–Crippen LogP) is 7.58. The molecule has 1 fully saturated rings. The van der Waals surface area contributed by atoms with Gasteiger partial charge in [-0.05, 0) is 98.3 Å². The highest BCUT2D eigenvalue weighted by Gasteiger charge is 2.35. The number of hydrogen-bond donors (Lipinski definition) is 0. The highest BCUT2D eigenvalue weighted by Crippen LogP contribution is 2.49. The molecule has 0 amide bonds.